The van der Waals surface area contributed by atoms with E-state index in [9.17, 15) is 4.79 Å². The van der Waals surface area contributed by atoms with Gasteiger partial charge in [-0.05, 0) is 44.0 Å². The Labute approximate surface area is 152 Å². The zero-order chi connectivity index (χ0) is 17.5. The van der Waals surface area contributed by atoms with E-state index in [-0.39, 0.29) is 12.1 Å². The van der Waals surface area contributed by atoms with Crippen LogP contribution in [0.4, 0.5) is 4.79 Å². The molecule has 0 spiro atoms. The van der Waals surface area contributed by atoms with Crippen LogP contribution in [0.1, 0.15) is 43.4 Å². The predicted molar refractivity (Wildman–Crippen MR) is 100 cm³/mol. The van der Waals surface area contributed by atoms with Gasteiger partial charge in [-0.25, -0.2) is 10.2 Å². The number of hydrogen-bond acceptors (Lipinski definition) is 4. The molecule has 0 atom stereocenters. The highest BCUT2D eigenvalue weighted by Crippen LogP contribution is 2.28. The zero-order valence-electron chi connectivity index (χ0n) is 14.3. The lowest BCUT2D eigenvalue weighted by Crippen LogP contribution is -2.41. The van der Waals surface area contributed by atoms with Crippen LogP contribution in [-0.4, -0.2) is 18.3 Å². The van der Waals surface area contributed by atoms with E-state index in [0.717, 1.165) is 22.8 Å². The Morgan fingerprint density at radius 3 is 2.68 bits per heavy atom. The molecule has 1 aliphatic rings. The van der Waals surface area contributed by atoms with Crippen LogP contribution in [-0.2, 0) is 0 Å². The summed E-state index contributed by atoms with van der Waals surface area (Å²) in [5.41, 5.74) is 3.73. The second-order valence-corrected chi connectivity index (χ2v) is 7.33. The van der Waals surface area contributed by atoms with Gasteiger partial charge in [-0.3, -0.25) is 0 Å². The highest BCUT2D eigenvalue weighted by Gasteiger charge is 2.14. The SMILES string of the molecule is Cc1ccc(Sc2ccc(/C=N/NC(=O)NC3CCCCC3)o2)cc1. The number of carbonyl (C=O) groups excluding carboxylic acids is 1. The van der Waals surface area contributed by atoms with Gasteiger partial charge >= 0.3 is 6.03 Å². The van der Waals surface area contributed by atoms with Crippen LogP contribution in [0.2, 0.25) is 0 Å². The first-order valence-electron chi connectivity index (χ1n) is 8.63. The number of furan rings is 1. The number of benzene rings is 1. The molecule has 1 aliphatic carbocycles. The molecule has 25 heavy (non-hydrogen) atoms. The van der Waals surface area contributed by atoms with Gasteiger partial charge in [-0.15, -0.1) is 0 Å². The number of nitrogens with one attached hydrogen (secondary N) is 2. The second kappa shape index (κ2) is 8.76. The average molecular weight is 357 g/mol. The van der Waals surface area contributed by atoms with Crippen molar-refractivity contribution >= 4 is 24.0 Å². The van der Waals surface area contributed by atoms with Crippen LogP contribution in [0.15, 0.2) is 55.9 Å². The van der Waals surface area contributed by atoms with Gasteiger partial charge in [0.25, 0.3) is 0 Å². The maximum Gasteiger partial charge on any atom is 0.335 e. The Kier molecular flexibility index (Phi) is 6.17. The molecule has 1 fully saturated rings. The topological polar surface area (TPSA) is 66.6 Å². The first-order valence-corrected chi connectivity index (χ1v) is 9.44. The van der Waals surface area contributed by atoms with E-state index in [1.54, 1.807) is 11.8 Å². The maximum atomic E-state index is 11.8. The minimum atomic E-state index is -0.260. The van der Waals surface area contributed by atoms with E-state index in [4.69, 9.17) is 4.42 Å². The summed E-state index contributed by atoms with van der Waals surface area (Å²) in [7, 11) is 0. The van der Waals surface area contributed by atoms with Crippen LogP contribution in [0, 0.1) is 6.92 Å². The average Bonchev–Trinajstić information content (AvgIpc) is 3.05. The lowest BCUT2D eigenvalue weighted by atomic mass is 9.96. The highest BCUT2D eigenvalue weighted by atomic mass is 32.2. The molecule has 1 saturated carbocycles. The van der Waals surface area contributed by atoms with Crippen molar-refractivity contribution in [3.8, 4) is 0 Å². The summed E-state index contributed by atoms with van der Waals surface area (Å²) >= 11 is 1.55. The molecule has 5 nitrogen and oxygen atoms in total. The van der Waals surface area contributed by atoms with Crippen LogP contribution in [0.5, 0.6) is 0 Å². The first kappa shape index (κ1) is 17.6. The third-order valence-corrected chi connectivity index (χ3v) is 5.07. The number of carbonyl (C=O) groups is 1. The van der Waals surface area contributed by atoms with Crippen molar-refractivity contribution in [2.75, 3.05) is 0 Å². The van der Waals surface area contributed by atoms with Crippen molar-refractivity contribution in [1.82, 2.24) is 10.7 Å². The lowest BCUT2D eigenvalue weighted by Gasteiger charge is -2.22. The minimum Gasteiger partial charge on any atom is -0.448 e. The molecule has 1 aromatic heterocycles. The number of aryl methyl sites for hydroxylation is 1. The quantitative estimate of drug-likeness (QED) is 0.602. The number of hydrazone groups is 1. The molecular formula is C19H23N3O2S. The fraction of sp³-hybridized carbons (Fsp3) is 0.368. The number of amides is 2. The second-order valence-electron chi connectivity index (χ2n) is 6.25. The maximum absolute atomic E-state index is 11.8. The monoisotopic (exact) mass is 357 g/mol. The van der Waals surface area contributed by atoms with Crippen LogP contribution in [0.25, 0.3) is 0 Å². The van der Waals surface area contributed by atoms with E-state index in [0.29, 0.717) is 5.76 Å². The Morgan fingerprint density at radius 1 is 1.16 bits per heavy atom. The molecule has 1 aromatic carbocycles. The molecule has 0 bridgehead atoms. The van der Waals surface area contributed by atoms with Gasteiger partial charge in [-0.1, -0.05) is 48.7 Å². The summed E-state index contributed by atoms with van der Waals surface area (Å²) in [6.07, 6.45) is 7.24. The minimum absolute atomic E-state index is 0.260. The highest BCUT2D eigenvalue weighted by molar-refractivity contribution is 7.99. The molecule has 132 valence electrons. The van der Waals surface area contributed by atoms with E-state index < -0.39 is 0 Å². The third kappa shape index (κ3) is 5.67. The summed E-state index contributed by atoms with van der Waals surface area (Å²) in [4.78, 5) is 12.9. The largest absolute Gasteiger partial charge is 0.448 e. The van der Waals surface area contributed by atoms with Crippen LogP contribution < -0.4 is 10.7 Å². The van der Waals surface area contributed by atoms with Gasteiger partial charge in [0.05, 0.1) is 6.21 Å². The van der Waals surface area contributed by atoms with Gasteiger partial charge in [0.2, 0.25) is 0 Å². The van der Waals surface area contributed by atoms with Crippen LogP contribution >= 0.6 is 11.8 Å². The lowest BCUT2D eigenvalue weighted by molar-refractivity contribution is 0.233. The summed E-state index contributed by atoms with van der Waals surface area (Å²) in [6.45, 7) is 2.06. The van der Waals surface area contributed by atoms with Crippen molar-refractivity contribution in [3.63, 3.8) is 0 Å². The van der Waals surface area contributed by atoms with E-state index >= 15 is 0 Å². The number of hydrogen-bond donors (Lipinski definition) is 2. The molecule has 0 saturated heterocycles. The zero-order valence-corrected chi connectivity index (χ0v) is 15.1. The van der Waals surface area contributed by atoms with Gasteiger partial charge < -0.3 is 9.73 Å². The third-order valence-electron chi connectivity index (χ3n) is 4.14. The smallest absolute Gasteiger partial charge is 0.335 e. The van der Waals surface area contributed by atoms with Crippen molar-refractivity contribution in [3.05, 3.63) is 47.7 Å². The molecule has 2 aromatic rings. The number of urea groups is 1. The summed E-state index contributed by atoms with van der Waals surface area (Å²) in [5, 5.41) is 7.69. The predicted octanol–water partition coefficient (Wildman–Crippen LogP) is 4.71. The fourth-order valence-electron chi connectivity index (χ4n) is 2.80. The molecule has 2 N–H and O–H groups in total. The summed E-state index contributed by atoms with van der Waals surface area (Å²) < 4.78 is 5.69. The molecule has 3 rings (SSSR count). The van der Waals surface area contributed by atoms with Gasteiger partial charge in [-0.2, -0.15) is 5.10 Å². The molecule has 0 radical (unpaired) electrons. The fourth-order valence-corrected chi connectivity index (χ4v) is 3.58. The van der Waals surface area contributed by atoms with Crippen molar-refractivity contribution in [2.24, 2.45) is 5.10 Å². The molecule has 6 heteroatoms. The van der Waals surface area contributed by atoms with Crippen molar-refractivity contribution in [1.29, 1.82) is 0 Å². The molecular weight excluding hydrogens is 334 g/mol. The molecule has 1 heterocycles. The first-order chi connectivity index (χ1) is 12.2. The van der Waals surface area contributed by atoms with Gasteiger partial charge in [0, 0.05) is 10.9 Å². The van der Waals surface area contributed by atoms with Gasteiger partial charge in [0.15, 0.2) is 5.09 Å². The van der Waals surface area contributed by atoms with Gasteiger partial charge in [0.1, 0.15) is 5.76 Å². The Hall–Kier alpha value is -2.21. The Balaban J connectivity index is 1.46. The molecule has 0 unspecified atom stereocenters. The number of rotatable bonds is 5. The number of nitrogens with zero attached hydrogens (tertiary/aromatic N) is 1. The van der Waals surface area contributed by atoms with E-state index in [1.807, 2.05) is 12.1 Å². The molecule has 0 aliphatic heterocycles. The molecule has 2 amide bonds. The van der Waals surface area contributed by atoms with Crippen molar-refractivity contribution < 1.29 is 9.21 Å². The van der Waals surface area contributed by atoms with Crippen LogP contribution in [0.3, 0.4) is 0 Å². The summed E-state index contributed by atoms with van der Waals surface area (Å²) in [5.74, 6) is 0.604. The Bertz CT molecular complexity index is 719. The normalized spacial score (nSPS) is 15.4. The standard InChI is InChI=1S/C19H23N3O2S/c1-14-7-10-17(11-8-14)25-18-12-9-16(24-18)13-20-22-19(23)21-15-5-3-2-4-6-15/h7-13,15H,2-6H2,1H3,(H2,21,22,23)/b20-13+. The van der Waals surface area contributed by atoms with E-state index in [1.165, 1.54) is 31.0 Å². The summed E-state index contributed by atoms with van der Waals surface area (Å²) in [6, 6.07) is 12.0. The van der Waals surface area contributed by atoms with Crippen molar-refractivity contribution in [2.45, 2.75) is 55.1 Å². The van der Waals surface area contributed by atoms with E-state index in [2.05, 4.69) is 47.0 Å². The Morgan fingerprint density at radius 2 is 1.92 bits per heavy atom.